The van der Waals surface area contributed by atoms with Crippen LogP contribution in [0.4, 0.5) is 0 Å². The standard InChI is InChI=1S/C9H9NO.C2H7N/c1-8(11)4-5-9-3-2-6-10-7-9;1-3-2/h2-7H,1H3;3H,1-2H3/b5-4+;. The van der Waals surface area contributed by atoms with Crippen molar-refractivity contribution in [3.8, 4) is 0 Å². The summed E-state index contributed by atoms with van der Waals surface area (Å²) in [6.45, 7) is 1.52. The van der Waals surface area contributed by atoms with Crippen molar-refractivity contribution in [2.45, 2.75) is 6.92 Å². The molecule has 0 amide bonds. The third kappa shape index (κ3) is 7.18. The van der Waals surface area contributed by atoms with Gasteiger partial charge in [0.15, 0.2) is 5.78 Å². The minimum atomic E-state index is 0.0499. The Kier molecular flexibility index (Phi) is 7.27. The highest BCUT2D eigenvalue weighted by atomic mass is 16.1. The second kappa shape index (κ2) is 8.13. The van der Waals surface area contributed by atoms with E-state index in [0.29, 0.717) is 0 Å². The summed E-state index contributed by atoms with van der Waals surface area (Å²) in [7, 11) is 3.75. The first kappa shape index (κ1) is 12.5. The predicted octanol–water partition coefficient (Wildman–Crippen LogP) is 1.52. The Morgan fingerprint density at radius 1 is 1.50 bits per heavy atom. The van der Waals surface area contributed by atoms with Crippen molar-refractivity contribution in [2.24, 2.45) is 0 Å². The fourth-order valence-corrected chi connectivity index (χ4v) is 0.688. The van der Waals surface area contributed by atoms with Gasteiger partial charge in [-0.2, -0.15) is 0 Å². The molecule has 0 aliphatic heterocycles. The maximum atomic E-state index is 10.5. The summed E-state index contributed by atoms with van der Waals surface area (Å²) in [5, 5.41) is 2.75. The maximum absolute atomic E-state index is 10.5. The van der Waals surface area contributed by atoms with Crippen LogP contribution in [0, 0.1) is 0 Å². The van der Waals surface area contributed by atoms with Crippen molar-refractivity contribution in [3.05, 3.63) is 36.2 Å². The van der Waals surface area contributed by atoms with Crippen LogP contribution in [-0.2, 0) is 4.79 Å². The number of hydrogen-bond donors (Lipinski definition) is 1. The summed E-state index contributed by atoms with van der Waals surface area (Å²) in [4.78, 5) is 14.4. The number of rotatable bonds is 2. The van der Waals surface area contributed by atoms with Crippen LogP contribution in [0.15, 0.2) is 30.6 Å². The Balaban J connectivity index is 0.000000500. The summed E-state index contributed by atoms with van der Waals surface area (Å²) in [6, 6.07) is 3.73. The van der Waals surface area contributed by atoms with Gasteiger partial charge < -0.3 is 5.32 Å². The molecule has 0 bridgehead atoms. The molecule has 0 aliphatic rings. The van der Waals surface area contributed by atoms with Crippen LogP contribution in [0.1, 0.15) is 12.5 Å². The first-order chi connectivity index (χ1) is 6.70. The van der Waals surface area contributed by atoms with Crippen LogP contribution in [0.3, 0.4) is 0 Å². The molecule has 76 valence electrons. The molecule has 14 heavy (non-hydrogen) atoms. The molecular weight excluding hydrogens is 176 g/mol. The number of hydrogen-bond acceptors (Lipinski definition) is 3. The highest BCUT2D eigenvalue weighted by Crippen LogP contribution is 1.97. The lowest BCUT2D eigenvalue weighted by Crippen LogP contribution is -1.89. The minimum Gasteiger partial charge on any atom is -0.323 e. The monoisotopic (exact) mass is 192 g/mol. The highest BCUT2D eigenvalue weighted by Gasteiger charge is 1.84. The smallest absolute Gasteiger partial charge is 0.152 e. The molecule has 3 heteroatoms. The largest absolute Gasteiger partial charge is 0.323 e. The average molecular weight is 192 g/mol. The Bertz CT molecular complexity index is 281. The van der Waals surface area contributed by atoms with Crippen molar-refractivity contribution in [1.82, 2.24) is 10.3 Å². The van der Waals surface area contributed by atoms with Crippen LogP contribution in [0.2, 0.25) is 0 Å². The molecule has 0 fully saturated rings. The molecular formula is C11H16N2O. The fourth-order valence-electron chi connectivity index (χ4n) is 0.688. The lowest BCUT2D eigenvalue weighted by molar-refractivity contribution is -0.112. The van der Waals surface area contributed by atoms with Gasteiger partial charge >= 0.3 is 0 Å². The molecule has 0 aliphatic carbocycles. The van der Waals surface area contributed by atoms with Crippen molar-refractivity contribution < 1.29 is 4.79 Å². The molecule has 3 nitrogen and oxygen atoms in total. The van der Waals surface area contributed by atoms with Crippen molar-refractivity contribution in [3.63, 3.8) is 0 Å². The van der Waals surface area contributed by atoms with Gasteiger partial charge in [0.1, 0.15) is 0 Å². The van der Waals surface area contributed by atoms with Crippen molar-refractivity contribution in [1.29, 1.82) is 0 Å². The zero-order valence-corrected chi connectivity index (χ0v) is 8.82. The number of ketones is 1. The van der Waals surface area contributed by atoms with Gasteiger partial charge in [0.05, 0.1) is 0 Å². The number of pyridine rings is 1. The Hall–Kier alpha value is -1.48. The van der Waals surface area contributed by atoms with E-state index in [2.05, 4.69) is 10.3 Å². The van der Waals surface area contributed by atoms with Gasteiger partial charge in [0, 0.05) is 12.4 Å². The van der Waals surface area contributed by atoms with Crippen LogP contribution in [0.5, 0.6) is 0 Å². The maximum Gasteiger partial charge on any atom is 0.152 e. The second-order valence-electron chi connectivity index (χ2n) is 2.73. The molecule has 0 atom stereocenters. The number of aromatic nitrogens is 1. The molecule has 1 N–H and O–H groups in total. The Morgan fingerprint density at radius 2 is 2.14 bits per heavy atom. The SMILES string of the molecule is CC(=O)/C=C/c1cccnc1.CNC. The number of carbonyl (C=O) groups is 1. The van der Waals surface area contributed by atoms with Crippen LogP contribution < -0.4 is 5.32 Å². The van der Waals surface area contributed by atoms with Gasteiger partial charge in [0.25, 0.3) is 0 Å². The zero-order chi connectivity index (χ0) is 10.8. The van der Waals surface area contributed by atoms with E-state index in [4.69, 9.17) is 0 Å². The van der Waals surface area contributed by atoms with Crippen molar-refractivity contribution >= 4 is 11.9 Å². The molecule has 1 aromatic heterocycles. The van der Waals surface area contributed by atoms with Crippen LogP contribution in [-0.4, -0.2) is 24.9 Å². The molecule has 0 radical (unpaired) electrons. The van der Waals surface area contributed by atoms with Gasteiger partial charge in [-0.3, -0.25) is 9.78 Å². The van der Waals surface area contributed by atoms with Gasteiger partial charge in [-0.25, -0.2) is 0 Å². The van der Waals surface area contributed by atoms with Crippen LogP contribution in [0.25, 0.3) is 6.08 Å². The van der Waals surface area contributed by atoms with E-state index in [0.717, 1.165) is 5.56 Å². The second-order valence-corrected chi connectivity index (χ2v) is 2.73. The third-order valence-electron chi connectivity index (χ3n) is 1.19. The normalized spacial score (nSPS) is 9.36. The summed E-state index contributed by atoms with van der Waals surface area (Å²) < 4.78 is 0. The molecule has 1 rings (SSSR count). The van der Waals surface area contributed by atoms with E-state index in [-0.39, 0.29) is 5.78 Å². The van der Waals surface area contributed by atoms with Crippen LogP contribution >= 0.6 is 0 Å². The van der Waals surface area contributed by atoms with E-state index in [1.54, 1.807) is 18.5 Å². The quantitative estimate of drug-likeness (QED) is 0.722. The summed E-state index contributed by atoms with van der Waals surface area (Å²) in [5.41, 5.74) is 0.947. The fraction of sp³-hybridized carbons (Fsp3) is 0.273. The number of nitrogens with one attached hydrogen (secondary N) is 1. The van der Waals surface area contributed by atoms with Gasteiger partial charge in [-0.15, -0.1) is 0 Å². The predicted molar refractivity (Wildman–Crippen MR) is 58.9 cm³/mol. The van der Waals surface area contributed by atoms with E-state index in [1.807, 2.05) is 26.2 Å². The number of allylic oxidation sites excluding steroid dienone is 1. The first-order valence-corrected chi connectivity index (χ1v) is 4.38. The molecule has 0 saturated carbocycles. The lowest BCUT2D eigenvalue weighted by atomic mass is 10.2. The van der Waals surface area contributed by atoms with E-state index < -0.39 is 0 Å². The van der Waals surface area contributed by atoms with Gasteiger partial charge in [-0.05, 0) is 44.8 Å². The summed E-state index contributed by atoms with van der Waals surface area (Å²) in [6.07, 6.45) is 6.68. The molecule has 1 heterocycles. The Morgan fingerprint density at radius 3 is 2.57 bits per heavy atom. The van der Waals surface area contributed by atoms with E-state index in [1.165, 1.54) is 13.0 Å². The van der Waals surface area contributed by atoms with E-state index in [9.17, 15) is 4.79 Å². The third-order valence-corrected chi connectivity index (χ3v) is 1.19. The molecule has 1 aromatic rings. The highest BCUT2D eigenvalue weighted by molar-refractivity contribution is 5.91. The molecule has 0 unspecified atom stereocenters. The summed E-state index contributed by atoms with van der Waals surface area (Å²) >= 11 is 0. The molecule has 0 saturated heterocycles. The molecule has 0 aromatic carbocycles. The topological polar surface area (TPSA) is 42.0 Å². The van der Waals surface area contributed by atoms with E-state index >= 15 is 0 Å². The average Bonchev–Trinajstić information content (AvgIpc) is 2.18. The first-order valence-electron chi connectivity index (χ1n) is 4.38. The lowest BCUT2D eigenvalue weighted by Gasteiger charge is -1.87. The van der Waals surface area contributed by atoms with Crippen molar-refractivity contribution in [2.75, 3.05) is 14.1 Å². The van der Waals surface area contributed by atoms with Gasteiger partial charge in [0.2, 0.25) is 0 Å². The zero-order valence-electron chi connectivity index (χ0n) is 8.82. The molecule has 0 spiro atoms. The van der Waals surface area contributed by atoms with Gasteiger partial charge in [-0.1, -0.05) is 6.07 Å². The number of nitrogens with zero attached hydrogens (tertiary/aromatic N) is 1. The number of carbonyl (C=O) groups excluding carboxylic acids is 1. The summed E-state index contributed by atoms with van der Waals surface area (Å²) in [5.74, 6) is 0.0499. The Labute approximate surface area is 84.9 Å². The minimum absolute atomic E-state index is 0.0499.